The molecule has 0 radical (unpaired) electrons. The zero-order chi connectivity index (χ0) is 11.0. The minimum atomic E-state index is -0.625. The Morgan fingerprint density at radius 2 is 1.79 bits per heavy atom. The average Bonchev–Trinajstić information content (AvgIpc) is 2.10. The predicted octanol–water partition coefficient (Wildman–Crippen LogP) is -1.93. The Morgan fingerprint density at radius 1 is 1.14 bits per heavy atom. The average molecular weight is 202 g/mol. The first kappa shape index (κ1) is 12.4. The highest BCUT2D eigenvalue weighted by atomic mass is 16.6. The fourth-order valence-electron chi connectivity index (χ4n) is 0.640. The third-order valence-corrected chi connectivity index (χ3v) is 1.30. The molecule has 0 saturated carbocycles. The predicted molar refractivity (Wildman–Crippen MR) is 50.1 cm³/mol. The molecule has 0 aromatic heterocycles. The van der Waals surface area contributed by atoms with Gasteiger partial charge in [0.15, 0.2) is 6.61 Å². The van der Waals surface area contributed by atoms with Crippen LogP contribution in [0.4, 0.5) is 0 Å². The molecule has 0 bridgehead atoms. The van der Waals surface area contributed by atoms with E-state index in [9.17, 15) is 9.59 Å². The first-order valence-corrected chi connectivity index (χ1v) is 4.00. The molecule has 14 heavy (non-hydrogen) atoms. The van der Waals surface area contributed by atoms with Gasteiger partial charge < -0.3 is 22.0 Å². The summed E-state index contributed by atoms with van der Waals surface area (Å²) >= 11 is 0. The molecule has 0 aliphatic rings. The van der Waals surface area contributed by atoms with E-state index in [0.717, 1.165) is 0 Å². The molecule has 0 aromatic carbocycles. The van der Waals surface area contributed by atoms with E-state index in [2.05, 4.69) is 9.99 Å². The van der Waals surface area contributed by atoms with E-state index < -0.39 is 11.8 Å². The number of nitrogens with zero attached hydrogens (tertiary/aromatic N) is 1. The van der Waals surface area contributed by atoms with Gasteiger partial charge in [-0.15, -0.1) is 0 Å². The highest BCUT2D eigenvalue weighted by molar-refractivity contribution is 5.89. The van der Waals surface area contributed by atoms with Gasteiger partial charge in [-0.05, 0) is 6.42 Å². The lowest BCUT2D eigenvalue weighted by atomic mass is 10.2. The Labute approximate surface area is 81.2 Å². The van der Waals surface area contributed by atoms with Gasteiger partial charge in [-0.3, -0.25) is 9.59 Å². The minimum absolute atomic E-state index is 0.145. The van der Waals surface area contributed by atoms with Gasteiger partial charge in [0.1, 0.15) is 0 Å². The Balaban J connectivity index is 3.86. The van der Waals surface area contributed by atoms with Crippen LogP contribution >= 0.6 is 0 Å². The van der Waals surface area contributed by atoms with Gasteiger partial charge in [-0.1, -0.05) is 5.16 Å². The Bertz CT molecular complexity index is 239. The molecule has 80 valence electrons. The van der Waals surface area contributed by atoms with Gasteiger partial charge in [-0.2, -0.15) is 0 Å². The third kappa shape index (κ3) is 7.04. The van der Waals surface area contributed by atoms with Crippen molar-refractivity contribution >= 4 is 17.5 Å². The van der Waals surface area contributed by atoms with Gasteiger partial charge >= 0.3 is 0 Å². The number of amides is 2. The van der Waals surface area contributed by atoms with E-state index in [4.69, 9.17) is 17.2 Å². The number of carbonyl (C=O) groups is 2. The fourth-order valence-corrected chi connectivity index (χ4v) is 0.640. The van der Waals surface area contributed by atoms with Crippen molar-refractivity contribution in [3.63, 3.8) is 0 Å². The van der Waals surface area contributed by atoms with E-state index in [1.165, 1.54) is 0 Å². The summed E-state index contributed by atoms with van der Waals surface area (Å²) in [5, 5.41) is 3.54. The van der Waals surface area contributed by atoms with Crippen molar-refractivity contribution in [2.75, 3.05) is 13.2 Å². The first-order chi connectivity index (χ1) is 6.56. The van der Waals surface area contributed by atoms with E-state index in [0.29, 0.717) is 12.1 Å². The summed E-state index contributed by atoms with van der Waals surface area (Å²) in [6, 6.07) is 0. The molecular formula is C7H14N4O3. The molecule has 7 nitrogen and oxygen atoms in total. The molecule has 0 unspecified atom stereocenters. The molecule has 0 aliphatic carbocycles. The molecule has 0 atom stereocenters. The number of hydrogen-bond acceptors (Lipinski definition) is 5. The van der Waals surface area contributed by atoms with Crippen molar-refractivity contribution in [3.05, 3.63) is 0 Å². The molecule has 0 rings (SSSR count). The highest BCUT2D eigenvalue weighted by Gasteiger charge is 2.01. The minimum Gasteiger partial charge on any atom is -0.386 e. The van der Waals surface area contributed by atoms with Gasteiger partial charge in [0.2, 0.25) is 5.91 Å². The number of hydrogen-bond donors (Lipinski definition) is 3. The topological polar surface area (TPSA) is 134 Å². The molecular weight excluding hydrogens is 188 g/mol. The van der Waals surface area contributed by atoms with Crippen LogP contribution in [0.1, 0.15) is 12.8 Å². The molecule has 0 aromatic rings. The number of oxime groups is 1. The van der Waals surface area contributed by atoms with Crippen LogP contribution in [0.2, 0.25) is 0 Å². The zero-order valence-corrected chi connectivity index (χ0v) is 7.73. The monoisotopic (exact) mass is 202 g/mol. The first-order valence-electron chi connectivity index (χ1n) is 4.00. The molecule has 0 saturated heterocycles. The van der Waals surface area contributed by atoms with Gasteiger partial charge in [-0.25, -0.2) is 0 Å². The maximum atomic E-state index is 10.4. The normalized spacial score (nSPS) is 11.1. The molecule has 2 amide bonds. The van der Waals surface area contributed by atoms with Crippen LogP contribution in [-0.2, 0) is 14.4 Å². The largest absolute Gasteiger partial charge is 0.386 e. The van der Waals surface area contributed by atoms with Crippen molar-refractivity contribution in [2.45, 2.75) is 12.8 Å². The number of rotatable bonds is 7. The van der Waals surface area contributed by atoms with E-state index in [-0.39, 0.29) is 19.6 Å². The van der Waals surface area contributed by atoms with Crippen molar-refractivity contribution in [1.29, 1.82) is 0 Å². The van der Waals surface area contributed by atoms with Crippen molar-refractivity contribution in [1.82, 2.24) is 0 Å². The van der Waals surface area contributed by atoms with Crippen LogP contribution in [0.15, 0.2) is 5.16 Å². The molecule has 0 heterocycles. The molecule has 7 heteroatoms. The summed E-state index contributed by atoms with van der Waals surface area (Å²) in [6.07, 6.45) is 0.473. The summed E-state index contributed by atoms with van der Waals surface area (Å²) in [4.78, 5) is 25.2. The van der Waals surface area contributed by atoms with Crippen LogP contribution in [0.3, 0.4) is 0 Å². The summed E-state index contributed by atoms with van der Waals surface area (Å²) in [5.41, 5.74) is 15.5. The maximum Gasteiger partial charge on any atom is 0.258 e. The lowest BCUT2D eigenvalue weighted by molar-refractivity contribution is -0.122. The van der Waals surface area contributed by atoms with E-state index >= 15 is 0 Å². The highest BCUT2D eigenvalue weighted by Crippen LogP contribution is 1.92. The van der Waals surface area contributed by atoms with Crippen LogP contribution in [0, 0.1) is 0 Å². The van der Waals surface area contributed by atoms with Crippen LogP contribution < -0.4 is 17.2 Å². The second kappa shape index (κ2) is 6.84. The lowest BCUT2D eigenvalue weighted by Gasteiger charge is -2.01. The summed E-state index contributed by atoms with van der Waals surface area (Å²) in [7, 11) is 0. The quantitative estimate of drug-likeness (QED) is 0.327. The van der Waals surface area contributed by atoms with Gasteiger partial charge in [0, 0.05) is 13.0 Å². The number of nitrogens with two attached hydrogens (primary N) is 3. The third-order valence-electron chi connectivity index (χ3n) is 1.30. The van der Waals surface area contributed by atoms with Crippen LogP contribution in [0.25, 0.3) is 0 Å². The second-order valence-electron chi connectivity index (χ2n) is 2.57. The Hall–Kier alpha value is -1.63. The molecule has 0 spiro atoms. The van der Waals surface area contributed by atoms with E-state index in [1.54, 1.807) is 0 Å². The Kier molecular flexibility index (Phi) is 6.04. The van der Waals surface area contributed by atoms with Crippen molar-refractivity contribution in [3.8, 4) is 0 Å². The smallest absolute Gasteiger partial charge is 0.258 e. The zero-order valence-electron chi connectivity index (χ0n) is 7.73. The number of carbonyl (C=O) groups excluding carboxylic acids is 2. The summed E-state index contributed by atoms with van der Waals surface area (Å²) in [5.74, 6) is -1.07. The second-order valence-corrected chi connectivity index (χ2v) is 2.57. The number of primary amides is 2. The van der Waals surface area contributed by atoms with Crippen molar-refractivity contribution in [2.24, 2.45) is 22.4 Å². The summed E-state index contributed by atoms with van der Waals surface area (Å²) in [6.45, 7) is -0.161. The van der Waals surface area contributed by atoms with Crippen molar-refractivity contribution < 1.29 is 14.4 Å². The SMILES string of the molecule is NC/C(CCC(N)=O)=N/OCC(N)=O. The molecule has 0 aliphatic heterocycles. The van der Waals surface area contributed by atoms with Gasteiger partial charge in [0.25, 0.3) is 5.91 Å². The molecule has 0 fully saturated rings. The van der Waals surface area contributed by atoms with Crippen LogP contribution in [0.5, 0.6) is 0 Å². The lowest BCUT2D eigenvalue weighted by Crippen LogP contribution is -2.20. The van der Waals surface area contributed by atoms with E-state index in [1.807, 2.05) is 0 Å². The van der Waals surface area contributed by atoms with Gasteiger partial charge in [0.05, 0.1) is 5.71 Å². The molecule has 6 N–H and O–H groups in total. The summed E-state index contributed by atoms with van der Waals surface area (Å²) < 4.78 is 0. The Morgan fingerprint density at radius 3 is 2.21 bits per heavy atom. The van der Waals surface area contributed by atoms with Crippen LogP contribution in [-0.4, -0.2) is 30.7 Å². The fraction of sp³-hybridized carbons (Fsp3) is 0.571. The maximum absolute atomic E-state index is 10.4. The standard InChI is InChI=1S/C7H14N4O3/c8-3-5(1-2-6(9)12)11-14-4-7(10)13/h1-4,8H2,(H2,9,12)(H2,10,13)/b11-5+.